The van der Waals surface area contributed by atoms with E-state index in [1.54, 1.807) is 0 Å². The van der Waals surface area contributed by atoms with Crippen LogP contribution in [-0.2, 0) is 0 Å². The van der Waals surface area contributed by atoms with E-state index in [4.69, 9.17) is 5.11 Å². The highest BCUT2D eigenvalue weighted by Crippen LogP contribution is 2.02. The Morgan fingerprint density at radius 1 is 1.36 bits per heavy atom. The van der Waals surface area contributed by atoms with Crippen LogP contribution in [-0.4, -0.2) is 29.3 Å². The Morgan fingerprint density at radius 3 is 2.14 bits per heavy atom. The second-order valence-electron chi connectivity index (χ2n) is 4.88. The van der Waals surface area contributed by atoms with Gasteiger partial charge in [-0.25, -0.2) is 4.79 Å². The first-order valence-electron chi connectivity index (χ1n) is 4.96. The standard InChI is InChI=1S/C10H22N2O2/c1-7(2)8(6-13)11-9(14)12-10(3,4)5/h7-8,13H,6H2,1-5H3,(H2,11,12,14)/t8-/m1/s1. The van der Waals surface area contributed by atoms with Crippen LogP contribution in [0.25, 0.3) is 0 Å². The maximum Gasteiger partial charge on any atom is 0.315 e. The molecule has 0 aromatic heterocycles. The van der Waals surface area contributed by atoms with Gasteiger partial charge in [-0.2, -0.15) is 0 Å². The molecular formula is C10H22N2O2. The molecule has 0 aliphatic heterocycles. The Balaban J connectivity index is 4.04. The second-order valence-corrected chi connectivity index (χ2v) is 4.88. The molecule has 0 aromatic rings. The lowest BCUT2D eigenvalue weighted by Crippen LogP contribution is -2.51. The van der Waals surface area contributed by atoms with E-state index >= 15 is 0 Å². The largest absolute Gasteiger partial charge is 0.394 e. The van der Waals surface area contributed by atoms with E-state index in [0.29, 0.717) is 0 Å². The highest BCUT2D eigenvalue weighted by atomic mass is 16.3. The minimum Gasteiger partial charge on any atom is -0.394 e. The normalized spacial score (nSPS) is 13.9. The van der Waals surface area contributed by atoms with Gasteiger partial charge in [-0.15, -0.1) is 0 Å². The first-order chi connectivity index (χ1) is 6.26. The lowest BCUT2D eigenvalue weighted by Gasteiger charge is -2.25. The molecule has 0 spiro atoms. The fourth-order valence-electron chi connectivity index (χ4n) is 0.968. The molecule has 0 unspecified atom stereocenters. The van der Waals surface area contributed by atoms with Gasteiger partial charge in [0.2, 0.25) is 0 Å². The molecule has 0 heterocycles. The average molecular weight is 202 g/mol. The number of aliphatic hydroxyl groups is 1. The summed E-state index contributed by atoms with van der Waals surface area (Å²) < 4.78 is 0. The first-order valence-corrected chi connectivity index (χ1v) is 4.96. The number of hydrogen-bond acceptors (Lipinski definition) is 2. The van der Waals surface area contributed by atoms with Gasteiger partial charge in [-0.1, -0.05) is 13.8 Å². The average Bonchev–Trinajstić information content (AvgIpc) is 1.96. The number of carbonyl (C=O) groups excluding carboxylic acids is 1. The summed E-state index contributed by atoms with van der Waals surface area (Å²) in [6, 6.07) is -0.414. The van der Waals surface area contributed by atoms with Crippen molar-refractivity contribution in [2.75, 3.05) is 6.61 Å². The lowest BCUT2D eigenvalue weighted by atomic mass is 10.1. The fraction of sp³-hybridized carbons (Fsp3) is 0.900. The lowest BCUT2D eigenvalue weighted by molar-refractivity contribution is 0.193. The van der Waals surface area contributed by atoms with Gasteiger partial charge < -0.3 is 15.7 Å². The third kappa shape index (κ3) is 5.80. The number of aliphatic hydroxyl groups excluding tert-OH is 1. The van der Waals surface area contributed by atoms with Crippen molar-refractivity contribution in [1.82, 2.24) is 10.6 Å². The molecule has 0 aromatic carbocycles. The van der Waals surface area contributed by atoms with Crippen molar-refractivity contribution < 1.29 is 9.90 Å². The van der Waals surface area contributed by atoms with Gasteiger partial charge in [-0.3, -0.25) is 0 Å². The molecule has 1 atom stereocenters. The Bertz CT molecular complexity index is 185. The molecule has 0 saturated heterocycles. The predicted molar refractivity (Wildman–Crippen MR) is 57.1 cm³/mol. The predicted octanol–water partition coefficient (Wildman–Crippen LogP) is 1.10. The first kappa shape index (κ1) is 13.2. The maximum atomic E-state index is 11.4. The summed E-state index contributed by atoms with van der Waals surface area (Å²) in [4.78, 5) is 11.4. The van der Waals surface area contributed by atoms with Crippen LogP contribution in [0.15, 0.2) is 0 Å². The molecule has 4 heteroatoms. The third-order valence-electron chi connectivity index (χ3n) is 1.81. The Kier molecular flexibility index (Phi) is 4.91. The number of urea groups is 1. The van der Waals surface area contributed by atoms with Crippen LogP contribution >= 0.6 is 0 Å². The van der Waals surface area contributed by atoms with Crippen molar-refractivity contribution >= 4 is 6.03 Å². The van der Waals surface area contributed by atoms with Crippen LogP contribution in [0.1, 0.15) is 34.6 Å². The van der Waals surface area contributed by atoms with Crippen molar-refractivity contribution in [2.45, 2.75) is 46.2 Å². The van der Waals surface area contributed by atoms with Crippen LogP contribution < -0.4 is 10.6 Å². The van der Waals surface area contributed by atoms with Gasteiger partial charge >= 0.3 is 6.03 Å². The van der Waals surface area contributed by atoms with Crippen molar-refractivity contribution in [3.05, 3.63) is 0 Å². The molecule has 0 bridgehead atoms. The van der Waals surface area contributed by atoms with Gasteiger partial charge in [0, 0.05) is 5.54 Å². The minimum absolute atomic E-state index is 0.0325. The summed E-state index contributed by atoms with van der Waals surface area (Å²) in [7, 11) is 0. The zero-order valence-electron chi connectivity index (χ0n) is 9.72. The SMILES string of the molecule is CC(C)[C@@H](CO)NC(=O)NC(C)(C)C. The third-order valence-corrected chi connectivity index (χ3v) is 1.81. The van der Waals surface area contributed by atoms with Gasteiger partial charge in [0.25, 0.3) is 0 Å². The summed E-state index contributed by atoms with van der Waals surface area (Å²) in [5.74, 6) is 0.228. The van der Waals surface area contributed by atoms with Crippen LogP contribution in [0.4, 0.5) is 4.79 Å². The Labute approximate surface area is 86.1 Å². The molecule has 0 fully saturated rings. The van der Waals surface area contributed by atoms with Crippen LogP contribution in [0.5, 0.6) is 0 Å². The smallest absolute Gasteiger partial charge is 0.315 e. The van der Waals surface area contributed by atoms with Crippen LogP contribution in [0.2, 0.25) is 0 Å². The summed E-state index contributed by atoms with van der Waals surface area (Å²) >= 11 is 0. The van der Waals surface area contributed by atoms with Crippen molar-refractivity contribution in [3.63, 3.8) is 0 Å². The maximum absolute atomic E-state index is 11.4. The van der Waals surface area contributed by atoms with E-state index in [1.807, 2.05) is 34.6 Å². The number of rotatable bonds is 3. The molecule has 0 radical (unpaired) electrons. The number of amides is 2. The molecule has 84 valence electrons. The number of nitrogens with one attached hydrogen (secondary N) is 2. The number of hydrogen-bond donors (Lipinski definition) is 3. The highest BCUT2D eigenvalue weighted by molar-refractivity contribution is 5.75. The van der Waals surface area contributed by atoms with Gasteiger partial charge in [0.05, 0.1) is 12.6 Å². The monoisotopic (exact) mass is 202 g/mol. The molecule has 14 heavy (non-hydrogen) atoms. The van der Waals surface area contributed by atoms with Crippen LogP contribution in [0.3, 0.4) is 0 Å². The fourth-order valence-corrected chi connectivity index (χ4v) is 0.968. The van der Waals surface area contributed by atoms with Gasteiger partial charge in [-0.05, 0) is 26.7 Å². The molecule has 2 amide bonds. The summed E-state index contributed by atoms with van der Waals surface area (Å²) in [6.45, 7) is 9.62. The van der Waals surface area contributed by atoms with Crippen molar-refractivity contribution in [1.29, 1.82) is 0 Å². The van der Waals surface area contributed by atoms with E-state index in [1.165, 1.54) is 0 Å². The Hall–Kier alpha value is -0.770. The molecule has 0 saturated carbocycles. The molecule has 4 nitrogen and oxygen atoms in total. The molecular weight excluding hydrogens is 180 g/mol. The van der Waals surface area contributed by atoms with E-state index < -0.39 is 0 Å². The highest BCUT2D eigenvalue weighted by Gasteiger charge is 2.18. The topological polar surface area (TPSA) is 61.4 Å². The summed E-state index contributed by atoms with van der Waals surface area (Å²) in [5, 5.41) is 14.5. The van der Waals surface area contributed by atoms with E-state index in [0.717, 1.165) is 0 Å². The molecule has 3 N–H and O–H groups in total. The van der Waals surface area contributed by atoms with E-state index in [2.05, 4.69) is 10.6 Å². The molecule has 0 aliphatic carbocycles. The minimum atomic E-state index is -0.249. The van der Waals surface area contributed by atoms with E-state index in [9.17, 15) is 4.79 Å². The number of carbonyl (C=O) groups is 1. The van der Waals surface area contributed by atoms with Crippen LogP contribution in [0, 0.1) is 5.92 Å². The van der Waals surface area contributed by atoms with Crippen molar-refractivity contribution in [3.8, 4) is 0 Å². The summed E-state index contributed by atoms with van der Waals surface area (Å²) in [5.41, 5.74) is -0.249. The Morgan fingerprint density at radius 2 is 1.86 bits per heavy atom. The molecule has 0 aliphatic rings. The second kappa shape index (κ2) is 5.20. The van der Waals surface area contributed by atoms with Gasteiger partial charge in [0.1, 0.15) is 0 Å². The molecule has 0 rings (SSSR count). The zero-order valence-corrected chi connectivity index (χ0v) is 9.72. The van der Waals surface area contributed by atoms with Gasteiger partial charge in [0.15, 0.2) is 0 Å². The quantitative estimate of drug-likeness (QED) is 0.642. The summed E-state index contributed by atoms with van der Waals surface area (Å²) in [6.07, 6.45) is 0. The van der Waals surface area contributed by atoms with Crippen molar-refractivity contribution in [2.24, 2.45) is 5.92 Å². The van der Waals surface area contributed by atoms with E-state index in [-0.39, 0.29) is 30.1 Å². The zero-order chi connectivity index (χ0) is 11.4.